The van der Waals surface area contributed by atoms with Crippen molar-refractivity contribution in [3.8, 4) is 11.4 Å². The second-order valence-corrected chi connectivity index (χ2v) is 7.39. The predicted molar refractivity (Wildman–Crippen MR) is 117 cm³/mol. The zero-order valence-electron chi connectivity index (χ0n) is 17.3. The van der Waals surface area contributed by atoms with Crippen LogP contribution in [0.15, 0.2) is 64.5 Å². The van der Waals surface area contributed by atoms with Crippen LogP contribution in [0.2, 0.25) is 0 Å². The first-order valence-corrected chi connectivity index (χ1v) is 9.99. The molecule has 1 aliphatic rings. The number of benzene rings is 2. The van der Waals surface area contributed by atoms with Crippen LogP contribution in [0, 0.1) is 12.7 Å². The van der Waals surface area contributed by atoms with Crippen molar-refractivity contribution < 1.29 is 14.0 Å². The van der Waals surface area contributed by atoms with Crippen LogP contribution < -0.4 is 10.9 Å². The molecule has 1 aliphatic heterocycles. The lowest BCUT2D eigenvalue weighted by molar-refractivity contribution is -0.132. The number of anilines is 1. The van der Waals surface area contributed by atoms with Gasteiger partial charge in [0, 0.05) is 35.9 Å². The summed E-state index contributed by atoms with van der Waals surface area (Å²) < 4.78 is 13.1. The van der Waals surface area contributed by atoms with Gasteiger partial charge in [0.15, 0.2) is 0 Å². The fourth-order valence-corrected chi connectivity index (χ4v) is 3.31. The van der Waals surface area contributed by atoms with Crippen molar-refractivity contribution in [3.05, 3.63) is 82.0 Å². The van der Waals surface area contributed by atoms with E-state index in [1.165, 1.54) is 23.2 Å². The highest BCUT2D eigenvalue weighted by Crippen LogP contribution is 2.20. The lowest BCUT2D eigenvalue weighted by Crippen LogP contribution is -2.36. The Balaban J connectivity index is 1.51. The fraction of sp³-hybridized carbons (Fsp3) is 0.174. The van der Waals surface area contributed by atoms with E-state index in [-0.39, 0.29) is 42.4 Å². The summed E-state index contributed by atoms with van der Waals surface area (Å²) in [5.41, 5.74) is 2.39. The normalized spacial score (nSPS) is 13.6. The Morgan fingerprint density at radius 1 is 1.12 bits per heavy atom. The molecule has 9 heteroatoms. The smallest absolute Gasteiger partial charge is 0.271 e. The maximum Gasteiger partial charge on any atom is 0.271 e. The topological polar surface area (TPSA) is 108 Å². The van der Waals surface area contributed by atoms with Gasteiger partial charge in [0.05, 0.1) is 6.54 Å². The molecule has 2 N–H and O–H groups in total. The summed E-state index contributed by atoms with van der Waals surface area (Å²) in [6, 6.07) is 14.1. The molecule has 0 spiro atoms. The number of hydrogen-bond acceptors (Lipinski definition) is 5. The van der Waals surface area contributed by atoms with Crippen molar-refractivity contribution in [2.24, 2.45) is 5.10 Å². The largest absolute Gasteiger partial charge is 0.321 e. The summed E-state index contributed by atoms with van der Waals surface area (Å²) >= 11 is 0. The van der Waals surface area contributed by atoms with E-state index in [0.717, 1.165) is 0 Å². The number of rotatable bonds is 5. The highest BCUT2D eigenvalue weighted by molar-refractivity contribution is 6.43. The molecule has 2 heterocycles. The third-order valence-electron chi connectivity index (χ3n) is 4.88. The molecular formula is C23H20FN5O3. The number of aromatic amines is 1. The van der Waals surface area contributed by atoms with Gasteiger partial charge in [-0.15, -0.1) is 0 Å². The number of nitrogens with zero attached hydrogens (tertiary/aromatic N) is 3. The van der Waals surface area contributed by atoms with Gasteiger partial charge in [0.1, 0.15) is 17.4 Å². The van der Waals surface area contributed by atoms with Crippen LogP contribution >= 0.6 is 0 Å². The molecule has 0 bridgehead atoms. The number of carbonyl (C=O) groups is 2. The molecule has 1 aromatic heterocycles. The molecule has 0 fully saturated rings. The minimum atomic E-state index is -0.426. The van der Waals surface area contributed by atoms with Gasteiger partial charge in [-0.25, -0.2) is 14.4 Å². The summed E-state index contributed by atoms with van der Waals surface area (Å²) in [5, 5.41) is 8.22. The zero-order chi connectivity index (χ0) is 22.7. The third-order valence-corrected chi connectivity index (χ3v) is 4.88. The number of halogens is 1. The predicted octanol–water partition coefficient (Wildman–Crippen LogP) is 3.00. The molecule has 0 radical (unpaired) electrons. The molecular weight excluding hydrogens is 413 g/mol. The Morgan fingerprint density at radius 3 is 2.66 bits per heavy atom. The number of amides is 2. The van der Waals surface area contributed by atoms with E-state index in [4.69, 9.17) is 0 Å². The molecule has 32 heavy (non-hydrogen) atoms. The van der Waals surface area contributed by atoms with E-state index in [1.54, 1.807) is 43.3 Å². The van der Waals surface area contributed by atoms with E-state index < -0.39 is 5.91 Å². The standard InChI is InChI=1S/C23H20FN5O3/c1-14-11-20(30)27-22(25-14)16-3-2-4-18(12-16)26-23(32)19-9-10-21(31)29(28-19)13-15-5-7-17(24)8-6-15/h2-8,11-12H,9-10,13H2,1H3,(H,26,32)(H,25,27,30). The first kappa shape index (κ1) is 21.1. The molecule has 0 aliphatic carbocycles. The Bertz CT molecular complexity index is 1270. The van der Waals surface area contributed by atoms with Crippen LogP contribution in [0.1, 0.15) is 24.1 Å². The number of hydrogen-bond donors (Lipinski definition) is 2. The van der Waals surface area contributed by atoms with Gasteiger partial charge in [0.2, 0.25) is 5.91 Å². The summed E-state index contributed by atoms with van der Waals surface area (Å²) in [6.07, 6.45) is 0.374. The molecule has 0 atom stereocenters. The number of hydrazone groups is 1. The minimum Gasteiger partial charge on any atom is -0.321 e. The lowest BCUT2D eigenvalue weighted by Gasteiger charge is -2.23. The SMILES string of the molecule is Cc1cc(=O)[nH]c(-c2cccc(NC(=O)C3=NN(Cc4ccc(F)cc4)C(=O)CC3)c2)n1. The number of aromatic nitrogens is 2. The summed E-state index contributed by atoms with van der Waals surface area (Å²) in [6.45, 7) is 1.88. The Hall–Kier alpha value is -4.14. The first-order valence-electron chi connectivity index (χ1n) is 9.99. The van der Waals surface area contributed by atoms with Crippen molar-refractivity contribution in [1.29, 1.82) is 0 Å². The van der Waals surface area contributed by atoms with Crippen LogP contribution in [0.4, 0.5) is 10.1 Å². The first-order chi connectivity index (χ1) is 15.4. The van der Waals surface area contributed by atoms with E-state index in [2.05, 4.69) is 20.4 Å². The summed E-state index contributed by atoms with van der Waals surface area (Å²) in [5.74, 6) is -0.599. The van der Waals surface area contributed by atoms with E-state index in [0.29, 0.717) is 28.3 Å². The minimum absolute atomic E-state index is 0.151. The van der Waals surface area contributed by atoms with Gasteiger partial charge < -0.3 is 10.3 Å². The maximum atomic E-state index is 13.1. The van der Waals surface area contributed by atoms with Gasteiger partial charge >= 0.3 is 0 Å². The highest BCUT2D eigenvalue weighted by atomic mass is 19.1. The summed E-state index contributed by atoms with van der Waals surface area (Å²) in [4.78, 5) is 43.7. The zero-order valence-corrected chi connectivity index (χ0v) is 17.3. The molecule has 0 saturated carbocycles. The third kappa shape index (κ3) is 4.94. The van der Waals surface area contributed by atoms with Gasteiger partial charge in [-0.05, 0) is 36.8 Å². The van der Waals surface area contributed by atoms with Gasteiger partial charge in [-0.1, -0.05) is 24.3 Å². The van der Waals surface area contributed by atoms with Crippen molar-refractivity contribution >= 4 is 23.2 Å². The van der Waals surface area contributed by atoms with Crippen molar-refractivity contribution in [2.45, 2.75) is 26.3 Å². The molecule has 3 aromatic rings. The second kappa shape index (κ2) is 8.93. The van der Waals surface area contributed by atoms with E-state index in [1.807, 2.05) is 0 Å². The summed E-state index contributed by atoms with van der Waals surface area (Å²) in [7, 11) is 0. The van der Waals surface area contributed by atoms with Gasteiger partial charge in [-0.3, -0.25) is 14.4 Å². The Labute approximate surface area is 182 Å². The van der Waals surface area contributed by atoms with Crippen molar-refractivity contribution in [2.75, 3.05) is 5.32 Å². The molecule has 162 valence electrons. The Kier molecular flexibility index (Phi) is 5.89. The second-order valence-electron chi connectivity index (χ2n) is 7.39. The van der Waals surface area contributed by atoms with Crippen LogP contribution in [0.25, 0.3) is 11.4 Å². The molecule has 2 amide bonds. The Morgan fingerprint density at radius 2 is 1.91 bits per heavy atom. The van der Waals surface area contributed by atoms with Crippen molar-refractivity contribution in [1.82, 2.24) is 15.0 Å². The maximum absolute atomic E-state index is 13.1. The molecule has 4 rings (SSSR count). The molecule has 0 saturated heterocycles. The molecule has 2 aromatic carbocycles. The van der Waals surface area contributed by atoms with Crippen LogP contribution in [-0.4, -0.2) is 32.5 Å². The number of carbonyl (C=O) groups excluding carboxylic acids is 2. The van der Waals surface area contributed by atoms with Crippen LogP contribution in [0.3, 0.4) is 0 Å². The number of aryl methyl sites for hydroxylation is 1. The molecule has 8 nitrogen and oxygen atoms in total. The van der Waals surface area contributed by atoms with Crippen LogP contribution in [-0.2, 0) is 16.1 Å². The van der Waals surface area contributed by atoms with Crippen molar-refractivity contribution in [3.63, 3.8) is 0 Å². The average Bonchev–Trinajstić information content (AvgIpc) is 2.76. The monoisotopic (exact) mass is 433 g/mol. The van der Waals surface area contributed by atoms with Gasteiger partial charge in [-0.2, -0.15) is 5.10 Å². The highest BCUT2D eigenvalue weighted by Gasteiger charge is 2.24. The number of H-pyrrole nitrogens is 1. The average molecular weight is 433 g/mol. The quantitative estimate of drug-likeness (QED) is 0.645. The molecule has 0 unspecified atom stereocenters. The van der Waals surface area contributed by atoms with E-state index in [9.17, 15) is 18.8 Å². The lowest BCUT2D eigenvalue weighted by atomic mass is 10.1. The van der Waals surface area contributed by atoms with Gasteiger partial charge in [0.25, 0.3) is 11.5 Å². The number of nitrogens with one attached hydrogen (secondary N) is 2. The van der Waals surface area contributed by atoms with E-state index >= 15 is 0 Å². The van der Waals surface area contributed by atoms with Crippen LogP contribution in [0.5, 0.6) is 0 Å². The fourth-order valence-electron chi connectivity index (χ4n) is 3.31.